The van der Waals surface area contributed by atoms with Crippen LogP contribution in [0.5, 0.6) is 5.75 Å². The van der Waals surface area contributed by atoms with Gasteiger partial charge in [0, 0.05) is 24.6 Å². The molecule has 2 aromatic carbocycles. The third-order valence-electron chi connectivity index (χ3n) is 4.64. The fourth-order valence-corrected chi connectivity index (χ4v) is 3.18. The number of amides is 2. The molecule has 146 valence electrons. The number of nitrogens with zero attached hydrogens (tertiary/aromatic N) is 2. The van der Waals surface area contributed by atoms with E-state index in [9.17, 15) is 19.7 Å². The Bertz CT molecular complexity index is 928. The van der Waals surface area contributed by atoms with E-state index in [1.165, 1.54) is 11.0 Å². The van der Waals surface area contributed by atoms with Gasteiger partial charge >= 0.3 is 0 Å². The summed E-state index contributed by atoms with van der Waals surface area (Å²) < 4.78 is 5.50. The van der Waals surface area contributed by atoms with Gasteiger partial charge in [0.25, 0.3) is 5.69 Å². The summed E-state index contributed by atoms with van der Waals surface area (Å²) in [5.74, 6) is -0.516. The third-order valence-corrected chi connectivity index (χ3v) is 4.64. The number of carbonyl (C=O) groups is 2. The van der Waals surface area contributed by atoms with Gasteiger partial charge < -0.3 is 15.0 Å². The fourth-order valence-electron chi connectivity index (χ4n) is 3.18. The molecule has 8 nitrogen and oxygen atoms in total. The lowest BCUT2D eigenvalue weighted by atomic mass is 10.1. The molecule has 8 heteroatoms. The molecule has 1 N–H and O–H groups in total. The summed E-state index contributed by atoms with van der Waals surface area (Å²) in [6.45, 7) is 4.13. The molecule has 2 aromatic rings. The molecule has 1 aliphatic heterocycles. The van der Waals surface area contributed by atoms with E-state index in [1.54, 1.807) is 37.3 Å². The Kier molecular flexibility index (Phi) is 5.58. The molecule has 28 heavy (non-hydrogen) atoms. The van der Waals surface area contributed by atoms with Crippen LogP contribution in [0.3, 0.4) is 0 Å². The lowest BCUT2D eigenvalue weighted by molar-refractivity contribution is -0.385. The Morgan fingerprint density at radius 1 is 1.32 bits per heavy atom. The molecule has 1 fully saturated rings. The van der Waals surface area contributed by atoms with Gasteiger partial charge in [-0.25, -0.2) is 0 Å². The summed E-state index contributed by atoms with van der Waals surface area (Å²) in [5, 5.41) is 14.0. The second kappa shape index (κ2) is 8.08. The van der Waals surface area contributed by atoms with Gasteiger partial charge in [-0.05, 0) is 32.0 Å². The van der Waals surface area contributed by atoms with Crippen LogP contribution in [0.2, 0.25) is 0 Å². The van der Waals surface area contributed by atoms with Crippen molar-refractivity contribution < 1.29 is 19.2 Å². The van der Waals surface area contributed by atoms with Crippen molar-refractivity contribution in [2.24, 2.45) is 5.92 Å². The van der Waals surface area contributed by atoms with Crippen molar-refractivity contribution in [2.75, 3.05) is 23.4 Å². The van der Waals surface area contributed by atoms with Crippen LogP contribution < -0.4 is 15.0 Å². The van der Waals surface area contributed by atoms with Crippen LogP contribution >= 0.6 is 0 Å². The second-order valence-electron chi connectivity index (χ2n) is 6.55. The Labute approximate surface area is 162 Å². The van der Waals surface area contributed by atoms with Crippen molar-refractivity contribution in [1.29, 1.82) is 0 Å². The lowest BCUT2D eigenvalue weighted by Crippen LogP contribution is -2.28. The minimum absolute atomic E-state index is 0.0459. The van der Waals surface area contributed by atoms with Gasteiger partial charge in [0.1, 0.15) is 5.75 Å². The van der Waals surface area contributed by atoms with Gasteiger partial charge in [0.05, 0.1) is 28.8 Å². The van der Waals surface area contributed by atoms with E-state index in [0.717, 1.165) is 0 Å². The number of para-hydroxylation sites is 2. The normalized spacial score (nSPS) is 16.1. The number of hydrogen-bond donors (Lipinski definition) is 1. The van der Waals surface area contributed by atoms with E-state index < -0.39 is 10.8 Å². The molecule has 1 aliphatic rings. The zero-order valence-electron chi connectivity index (χ0n) is 15.7. The minimum atomic E-state index is -0.553. The maximum Gasteiger partial charge on any atom is 0.274 e. The van der Waals surface area contributed by atoms with Gasteiger partial charge in [0.2, 0.25) is 11.8 Å². The highest BCUT2D eigenvalue weighted by molar-refractivity contribution is 6.04. The average Bonchev–Trinajstić information content (AvgIpc) is 3.05. The molecular formula is C20H21N3O5. The van der Waals surface area contributed by atoms with Crippen LogP contribution in [0.1, 0.15) is 18.9 Å². The van der Waals surface area contributed by atoms with Crippen molar-refractivity contribution in [3.8, 4) is 5.75 Å². The molecule has 0 bridgehead atoms. The van der Waals surface area contributed by atoms with Gasteiger partial charge in [-0.1, -0.05) is 18.2 Å². The summed E-state index contributed by atoms with van der Waals surface area (Å²) in [5.41, 5.74) is 1.43. The van der Waals surface area contributed by atoms with Crippen LogP contribution in [0, 0.1) is 23.0 Å². The molecule has 0 radical (unpaired) electrons. The Morgan fingerprint density at radius 3 is 2.79 bits per heavy atom. The van der Waals surface area contributed by atoms with Crippen molar-refractivity contribution in [2.45, 2.75) is 20.3 Å². The van der Waals surface area contributed by atoms with E-state index in [2.05, 4.69) is 5.32 Å². The SMILES string of the molecule is CCOc1ccccc1NC(=O)[C@@H]1CC(=O)N(c2ccc(C)c([N+](=O)[O-])c2)C1. The monoisotopic (exact) mass is 383 g/mol. The van der Waals surface area contributed by atoms with E-state index in [-0.39, 0.29) is 30.5 Å². The Morgan fingerprint density at radius 2 is 2.07 bits per heavy atom. The molecule has 1 saturated heterocycles. The predicted octanol–water partition coefficient (Wildman–Crippen LogP) is 3.29. The molecule has 0 unspecified atom stereocenters. The largest absolute Gasteiger partial charge is 0.492 e. The number of rotatable bonds is 6. The van der Waals surface area contributed by atoms with Crippen molar-refractivity contribution in [1.82, 2.24) is 0 Å². The number of benzene rings is 2. The molecule has 0 aromatic heterocycles. The first-order valence-electron chi connectivity index (χ1n) is 8.98. The first-order valence-corrected chi connectivity index (χ1v) is 8.98. The predicted molar refractivity (Wildman–Crippen MR) is 105 cm³/mol. The van der Waals surface area contributed by atoms with Crippen molar-refractivity contribution >= 4 is 28.9 Å². The Balaban J connectivity index is 1.75. The molecule has 1 atom stereocenters. The average molecular weight is 383 g/mol. The minimum Gasteiger partial charge on any atom is -0.492 e. The smallest absolute Gasteiger partial charge is 0.274 e. The molecule has 0 spiro atoms. The topological polar surface area (TPSA) is 102 Å². The van der Waals surface area contributed by atoms with Gasteiger partial charge in [-0.2, -0.15) is 0 Å². The fraction of sp³-hybridized carbons (Fsp3) is 0.300. The third kappa shape index (κ3) is 3.95. The first-order chi connectivity index (χ1) is 13.4. The summed E-state index contributed by atoms with van der Waals surface area (Å²) in [6, 6.07) is 11.7. The molecule has 3 rings (SSSR count). The van der Waals surface area contributed by atoms with Crippen LogP contribution in [-0.4, -0.2) is 29.9 Å². The highest BCUT2D eigenvalue weighted by Crippen LogP contribution is 2.31. The number of nitrogens with one attached hydrogen (secondary N) is 1. The Hall–Kier alpha value is -3.42. The highest BCUT2D eigenvalue weighted by Gasteiger charge is 2.36. The number of carbonyl (C=O) groups excluding carboxylic acids is 2. The quantitative estimate of drug-likeness (QED) is 0.609. The highest BCUT2D eigenvalue weighted by atomic mass is 16.6. The molecule has 0 aliphatic carbocycles. The number of ether oxygens (including phenoxy) is 1. The van der Waals surface area contributed by atoms with Crippen molar-refractivity contribution in [3.63, 3.8) is 0 Å². The van der Waals surface area contributed by atoms with Gasteiger partial charge in [-0.3, -0.25) is 19.7 Å². The molecule has 1 heterocycles. The van der Waals surface area contributed by atoms with E-state index in [4.69, 9.17) is 4.74 Å². The number of hydrogen-bond acceptors (Lipinski definition) is 5. The zero-order chi connectivity index (χ0) is 20.3. The number of nitro groups is 1. The molecule has 2 amide bonds. The number of anilines is 2. The van der Waals surface area contributed by atoms with Crippen molar-refractivity contribution in [3.05, 3.63) is 58.1 Å². The number of nitro benzene ring substituents is 1. The second-order valence-corrected chi connectivity index (χ2v) is 6.55. The summed E-state index contributed by atoms with van der Waals surface area (Å²) >= 11 is 0. The first kappa shape index (κ1) is 19.3. The standard InChI is InChI=1S/C20H21N3O5/c1-3-28-18-7-5-4-6-16(18)21-20(25)14-10-19(24)22(12-14)15-9-8-13(2)17(11-15)23(26)27/h4-9,11,14H,3,10,12H2,1-2H3,(H,21,25)/t14-/m1/s1. The molecule has 0 saturated carbocycles. The zero-order valence-corrected chi connectivity index (χ0v) is 15.7. The number of aryl methyl sites for hydroxylation is 1. The van der Waals surface area contributed by atoms with E-state index in [0.29, 0.717) is 29.3 Å². The lowest BCUT2D eigenvalue weighted by Gasteiger charge is -2.17. The van der Waals surface area contributed by atoms with Gasteiger partial charge in [-0.15, -0.1) is 0 Å². The van der Waals surface area contributed by atoms with Crippen LogP contribution in [0.4, 0.5) is 17.1 Å². The molecular weight excluding hydrogens is 362 g/mol. The summed E-state index contributed by atoms with van der Waals surface area (Å²) in [7, 11) is 0. The van der Waals surface area contributed by atoms with Gasteiger partial charge in [0.15, 0.2) is 0 Å². The summed E-state index contributed by atoms with van der Waals surface area (Å²) in [4.78, 5) is 37.2. The van der Waals surface area contributed by atoms with Crippen LogP contribution in [-0.2, 0) is 9.59 Å². The maximum absolute atomic E-state index is 12.7. The summed E-state index contributed by atoms with van der Waals surface area (Å²) in [6.07, 6.45) is 0.0459. The van der Waals surface area contributed by atoms with E-state index in [1.807, 2.05) is 13.0 Å². The maximum atomic E-state index is 12.7. The van der Waals surface area contributed by atoms with Crippen LogP contribution in [0.25, 0.3) is 0 Å². The van der Waals surface area contributed by atoms with E-state index >= 15 is 0 Å². The van der Waals surface area contributed by atoms with Crippen LogP contribution in [0.15, 0.2) is 42.5 Å².